The lowest BCUT2D eigenvalue weighted by atomic mass is 10.2. The molecule has 0 fully saturated rings. The molecule has 1 aromatic heterocycles. The highest BCUT2D eigenvalue weighted by Crippen LogP contribution is 2.19. The molecule has 4 heteroatoms. The van der Waals surface area contributed by atoms with Gasteiger partial charge in [-0.2, -0.15) is 5.10 Å². The molecule has 0 unspecified atom stereocenters. The Labute approximate surface area is 89.1 Å². The topological polar surface area (TPSA) is 34.9 Å². The van der Waals surface area contributed by atoms with E-state index in [0.29, 0.717) is 10.7 Å². The van der Waals surface area contributed by atoms with Crippen molar-refractivity contribution < 1.29 is 4.79 Å². The number of halogens is 1. The molecule has 14 heavy (non-hydrogen) atoms. The van der Waals surface area contributed by atoms with Crippen LogP contribution in [0.1, 0.15) is 42.7 Å². The van der Waals surface area contributed by atoms with Crippen molar-refractivity contribution in [3.63, 3.8) is 0 Å². The lowest BCUT2D eigenvalue weighted by Gasteiger charge is -2.00. The van der Waals surface area contributed by atoms with E-state index in [9.17, 15) is 4.79 Å². The molecular formula is C10H15ClN2O. The van der Waals surface area contributed by atoms with Crippen molar-refractivity contribution in [3.05, 3.63) is 16.4 Å². The van der Waals surface area contributed by atoms with E-state index >= 15 is 0 Å². The standard InChI is InChI=1S/C10H15ClN2O/c1-3-5-6-13-10(11)8(7-14)9(4-2)12-13/h7H,3-6H2,1-2H3. The number of nitrogens with zero attached hydrogens (tertiary/aromatic N) is 2. The molecule has 0 aromatic carbocycles. The highest BCUT2D eigenvalue weighted by Gasteiger charge is 2.13. The number of aldehydes is 1. The Morgan fingerprint density at radius 1 is 1.50 bits per heavy atom. The molecule has 1 rings (SSSR count). The molecule has 0 atom stereocenters. The number of aryl methyl sites for hydroxylation is 2. The highest BCUT2D eigenvalue weighted by atomic mass is 35.5. The summed E-state index contributed by atoms with van der Waals surface area (Å²) in [7, 11) is 0. The Morgan fingerprint density at radius 2 is 2.21 bits per heavy atom. The zero-order valence-electron chi connectivity index (χ0n) is 8.59. The Morgan fingerprint density at radius 3 is 2.64 bits per heavy atom. The minimum Gasteiger partial charge on any atom is -0.298 e. The van der Waals surface area contributed by atoms with Crippen LogP contribution < -0.4 is 0 Å². The summed E-state index contributed by atoms with van der Waals surface area (Å²) >= 11 is 6.01. The third kappa shape index (κ3) is 2.15. The number of hydrogen-bond donors (Lipinski definition) is 0. The molecule has 0 saturated heterocycles. The van der Waals surface area contributed by atoms with Crippen LogP contribution in [-0.4, -0.2) is 16.1 Å². The van der Waals surface area contributed by atoms with E-state index in [0.717, 1.165) is 37.8 Å². The molecule has 0 radical (unpaired) electrons. The van der Waals surface area contributed by atoms with Crippen LogP contribution in [0.4, 0.5) is 0 Å². The van der Waals surface area contributed by atoms with Gasteiger partial charge in [0.05, 0.1) is 11.3 Å². The summed E-state index contributed by atoms with van der Waals surface area (Å²) in [6.45, 7) is 4.87. The van der Waals surface area contributed by atoms with Crippen LogP contribution in [0.25, 0.3) is 0 Å². The SMILES string of the molecule is CCCCn1nc(CC)c(C=O)c1Cl. The van der Waals surface area contributed by atoms with Gasteiger partial charge in [-0.25, -0.2) is 0 Å². The number of carbonyl (C=O) groups excluding carboxylic acids is 1. The first-order valence-electron chi connectivity index (χ1n) is 4.94. The second-order valence-electron chi connectivity index (χ2n) is 3.20. The fraction of sp³-hybridized carbons (Fsp3) is 0.600. The fourth-order valence-electron chi connectivity index (χ4n) is 1.34. The highest BCUT2D eigenvalue weighted by molar-refractivity contribution is 6.32. The molecule has 0 aliphatic carbocycles. The molecular weight excluding hydrogens is 200 g/mol. The predicted octanol–water partition coefficient (Wildman–Crippen LogP) is 2.71. The van der Waals surface area contributed by atoms with Crippen molar-refractivity contribution in [2.75, 3.05) is 0 Å². The van der Waals surface area contributed by atoms with E-state index in [1.165, 1.54) is 0 Å². The fourth-order valence-corrected chi connectivity index (χ4v) is 1.61. The van der Waals surface area contributed by atoms with Crippen LogP contribution >= 0.6 is 11.6 Å². The number of rotatable bonds is 5. The van der Waals surface area contributed by atoms with Gasteiger partial charge in [-0.05, 0) is 12.8 Å². The lowest BCUT2D eigenvalue weighted by Crippen LogP contribution is -2.00. The van der Waals surface area contributed by atoms with Gasteiger partial charge < -0.3 is 0 Å². The van der Waals surface area contributed by atoms with Gasteiger partial charge in [-0.3, -0.25) is 9.48 Å². The molecule has 0 saturated carbocycles. The second-order valence-corrected chi connectivity index (χ2v) is 3.56. The Balaban J connectivity index is 2.95. The van der Waals surface area contributed by atoms with Crippen molar-refractivity contribution in [1.29, 1.82) is 0 Å². The molecule has 3 nitrogen and oxygen atoms in total. The summed E-state index contributed by atoms with van der Waals surface area (Å²) in [6, 6.07) is 0. The van der Waals surface area contributed by atoms with Crippen LogP contribution in [-0.2, 0) is 13.0 Å². The van der Waals surface area contributed by atoms with E-state index in [2.05, 4.69) is 12.0 Å². The van der Waals surface area contributed by atoms with Crippen LogP contribution in [0, 0.1) is 0 Å². The van der Waals surface area contributed by atoms with Crippen molar-refractivity contribution in [3.8, 4) is 0 Å². The zero-order chi connectivity index (χ0) is 10.6. The molecule has 0 N–H and O–H groups in total. The maximum atomic E-state index is 10.8. The van der Waals surface area contributed by atoms with Crippen molar-refractivity contribution in [1.82, 2.24) is 9.78 Å². The molecule has 1 heterocycles. The van der Waals surface area contributed by atoms with Gasteiger partial charge in [0.15, 0.2) is 6.29 Å². The maximum absolute atomic E-state index is 10.8. The summed E-state index contributed by atoms with van der Waals surface area (Å²) in [5, 5.41) is 4.77. The van der Waals surface area contributed by atoms with Crippen molar-refractivity contribution in [2.45, 2.75) is 39.7 Å². The Bertz CT molecular complexity index is 320. The summed E-state index contributed by atoms with van der Waals surface area (Å²) in [4.78, 5) is 10.8. The van der Waals surface area contributed by atoms with Gasteiger partial charge in [-0.1, -0.05) is 31.9 Å². The number of carbonyl (C=O) groups is 1. The summed E-state index contributed by atoms with van der Waals surface area (Å²) in [5.41, 5.74) is 1.34. The largest absolute Gasteiger partial charge is 0.298 e. The average Bonchev–Trinajstić information content (AvgIpc) is 2.51. The minimum absolute atomic E-state index is 0.477. The van der Waals surface area contributed by atoms with Gasteiger partial charge in [0, 0.05) is 6.54 Å². The summed E-state index contributed by atoms with van der Waals surface area (Å²) in [5.74, 6) is 0. The first-order valence-corrected chi connectivity index (χ1v) is 5.32. The van der Waals surface area contributed by atoms with Crippen LogP contribution in [0.15, 0.2) is 0 Å². The monoisotopic (exact) mass is 214 g/mol. The predicted molar refractivity (Wildman–Crippen MR) is 56.9 cm³/mol. The third-order valence-corrected chi connectivity index (χ3v) is 2.58. The van der Waals surface area contributed by atoms with Crippen molar-refractivity contribution >= 4 is 17.9 Å². The normalized spacial score (nSPS) is 10.5. The molecule has 78 valence electrons. The number of unbranched alkanes of at least 4 members (excludes halogenated alkanes) is 1. The average molecular weight is 215 g/mol. The molecule has 0 aliphatic rings. The van der Waals surface area contributed by atoms with E-state index < -0.39 is 0 Å². The zero-order valence-corrected chi connectivity index (χ0v) is 9.34. The van der Waals surface area contributed by atoms with Gasteiger partial charge >= 0.3 is 0 Å². The van der Waals surface area contributed by atoms with E-state index in [1.54, 1.807) is 4.68 Å². The smallest absolute Gasteiger partial charge is 0.155 e. The molecule has 1 aromatic rings. The lowest BCUT2D eigenvalue weighted by molar-refractivity contribution is 0.112. The Hall–Kier alpha value is -0.830. The third-order valence-electron chi connectivity index (χ3n) is 2.18. The van der Waals surface area contributed by atoms with Gasteiger partial charge in [0.1, 0.15) is 5.15 Å². The van der Waals surface area contributed by atoms with Crippen LogP contribution in [0.2, 0.25) is 5.15 Å². The summed E-state index contributed by atoms with van der Waals surface area (Å²) in [6.07, 6.45) is 3.65. The minimum atomic E-state index is 0.477. The quantitative estimate of drug-likeness (QED) is 0.707. The van der Waals surface area contributed by atoms with Gasteiger partial charge in [0.25, 0.3) is 0 Å². The van der Waals surface area contributed by atoms with E-state index in [1.807, 2.05) is 6.92 Å². The first kappa shape index (κ1) is 11.2. The van der Waals surface area contributed by atoms with Crippen molar-refractivity contribution in [2.24, 2.45) is 0 Å². The maximum Gasteiger partial charge on any atom is 0.155 e. The van der Waals surface area contributed by atoms with Gasteiger partial charge in [-0.15, -0.1) is 0 Å². The first-order chi connectivity index (χ1) is 6.74. The van der Waals surface area contributed by atoms with Crippen LogP contribution in [0.3, 0.4) is 0 Å². The molecule has 0 bridgehead atoms. The number of aromatic nitrogens is 2. The number of hydrogen-bond acceptors (Lipinski definition) is 2. The van der Waals surface area contributed by atoms with Crippen LogP contribution in [0.5, 0.6) is 0 Å². The molecule has 0 aliphatic heterocycles. The van der Waals surface area contributed by atoms with Gasteiger partial charge in [0.2, 0.25) is 0 Å². The van der Waals surface area contributed by atoms with E-state index in [-0.39, 0.29) is 0 Å². The molecule has 0 spiro atoms. The second kappa shape index (κ2) is 5.15. The Kier molecular flexibility index (Phi) is 4.14. The molecule has 0 amide bonds. The summed E-state index contributed by atoms with van der Waals surface area (Å²) < 4.78 is 1.72. The van der Waals surface area contributed by atoms with E-state index in [4.69, 9.17) is 11.6 Å².